The van der Waals surface area contributed by atoms with Crippen LogP contribution < -0.4 is 14.8 Å². The van der Waals surface area contributed by atoms with E-state index in [9.17, 15) is 26.6 Å². The molecule has 2 aromatic carbocycles. The molecule has 0 saturated carbocycles. The Labute approximate surface area is 215 Å². The lowest BCUT2D eigenvalue weighted by Gasteiger charge is -2.18. The van der Waals surface area contributed by atoms with Crippen LogP contribution in [0.1, 0.15) is 40.8 Å². The Kier molecular flexibility index (Phi) is 9.03. The summed E-state index contributed by atoms with van der Waals surface area (Å²) in [6, 6.07) is 11.5. The third kappa shape index (κ3) is 6.92. The fraction of sp³-hybridized carbons (Fsp3) is 0.308. The van der Waals surface area contributed by atoms with Gasteiger partial charge in [0, 0.05) is 30.5 Å². The summed E-state index contributed by atoms with van der Waals surface area (Å²) in [5, 5.41) is 2.72. The number of ether oxygens (including phenoxy) is 1. The van der Waals surface area contributed by atoms with Crippen molar-refractivity contribution in [1.29, 1.82) is 0 Å². The molecule has 0 radical (unpaired) electrons. The van der Waals surface area contributed by atoms with E-state index < -0.39 is 40.5 Å². The monoisotopic (exact) mass is 537 g/mol. The van der Waals surface area contributed by atoms with Gasteiger partial charge in [0.1, 0.15) is 17.3 Å². The molecule has 0 aliphatic carbocycles. The van der Waals surface area contributed by atoms with Gasteiger partial charge >= 0.3 is 6.18 Å². The highest BCUT2D eigenvalue weighted by Crippen LogP contribution is 2.36. The third-order valence-corrected chi connectivity index (χ3v) is 6.38. The molecule has 11 heteroatoms. The summed E-state index contributed by atoms with van der Waals surface area (Å²) >= 11 is 0. The Bertz CT molecular complexity index is 1310. The van der Waals surface area contributed by atoms with Gasteiger partial charge in [-0.2, -0.15) is 13.2 Å². The van der Waals surface area contributed by atoms with E-state index in [-0.39, 0.29) is 18.8 Å². The second-order valence-corrected chi connectivity index (χ2v) is 9.62. The Morgan fingerprint density at radius 3 is 2.43 bits per heavy atom. The Morgan fingerprint density at radius 2 is 1.81 bits per heavy atom. The normalized spacial score (nSPS) is 13.2. The molecule has 0 aliphatic heterocycles. The molecule has 198 valence electrons. The maximum atomic E-state index is 14.5. The van der Waals surface area contributed by atoms with Crippen LogP contribution in [0.2, 0.25) is 0 Å². The van der Waals surface area contributed by atoms with Gasteiger partial charge in [0.05, 0.1) is 29.7 Å². The van der Waals surface area contributed by atoms with E-state index >= 15 is 0 Å². The van der Waals surface area contributed by atoms with E-state index in [1.807, 2.05) is 0 Å². The minimum absolute atomic E-state index is 0.0412. The zero-order valence-corrected chi connectivity index (χ0v) is 21.5. The molecule has 0 spiro atoms. The number of amides is 1. The second kappa shape index (κ2) is 11.8. The lowest BCUT2D eigenvalue weighted by molar-refractivity contribution is -0.141. The van der Waals surface area contributed by atoms with Crippen LogP contribution in [0.3, 0.4) is 0 Å². The van der Waals surface area contributed by atoms with E-state index in [1.165, 1.54) is 31.6 Å². The fourth-order valence-corrected chi connectivity index (χ4v) is 4.13. The van der Waals surface area contributed by atoms with Gasteiger partial charge in [-0.3, -0.25) is 4.79 Å². The van der Waals surface area contributed by atoms with E-state index in [2.05, 4.69) is 15.0 Å². The molecular formula is C26H27F4N3O3S. The summed E-state index contributed by atoms with van der Waals surface area (Å²) in [7, 11) is 0.122. The van der Waals surface area contributed by atoms with Gasteiger partial charge in [0.2, 0.25) is 5.91 Å². The van der Waals surface area contributed by atoms with Gasteiger partial charge in [-0.05, 0) is 48.7 Å². The number of para-hydroxylation sites is 1. The average Bonchev–Trinajstić information content (AvgIpc) is 2.85. The van der Waals surface area contributed by atoms with Crippen LogP contribution in [0, 0.1) is 12.7 Å². The fourth-order valence-electron chi connectivity index (χ4n) is 3.77. The summed E-state index contributed by atoms with van der Waals surface area (Å²) in [5.41, 5.74) is 1.14. The number of hydrogen-bond donors (Lipinski definition) is 2. The smallest absolute Gasteiger partial charge is 0.433 e. The lowest BCUT2D eigenvalue weighted by atomic mass is 9.98. The summed E-state index contributed by atoms with van der Waals surface area (Å²) in [6.07, 6.45) is -3.22. The summed E-state index contributed by atoms with van der Waals surface area (Å²) in [5.74, 6) is -1.35. The number of benzene rings is 2. The first-order valence-electron chi connectivity index (χ1n) is 11.3. The van der Waals surface area contributed by atoms with Crippen LogP contribution in [0.4, 0.5) is 17.6 Å². The minimum atomic E-state index is -4.65. The van der Waals surface area contributed by atoms with E-state index in [1.54, 1.807) is 38.1 Å². The van der Waals surface area contributed by atoms with Crippen LogP contribution in [0.5, 0.6) is 5.75 Å². The topological polar surface area (TPSA) is 80.3 Å². The highest BCUT2D eigenvalue weighted by Gasteiger charge is 2.33. The highest BCUT2D eigenvalue weighted by molar-refractivity contribution is 7.82. The van der Waals surface area contributed by atoms with Gasteiger partial charge < -0.3 is 10.1 Å². The number of hydrogen-bond acceptors (Lipinski definition) is 4. The molecule has 1 heterocycles. The predicted molar refractivity (Wildman–Crippen MR) is 134 cm³/mol. The zero-order chi connectivity index (χ0) is 27.3. The minimum Gasteiger partial charge on any atom is -0.496 e. The molecule has 1 amide bonds. The number of carbonyl (C=O) groups is 1. The first-order chi connectivity index (χ1) is 17.4. The van der Waals surface area contributed by atoms with Crippen molar-refractivity contribution < 1.29 is 31.3 Å². The molecule has 1 aromatic heterocycles. The van der Waals surface area contributed by atoms with E-state index in [0.29, 0.717) is 33.6 Å². The Balaban J connectivity index is 1.85. The number of aromatic nitrogens is 1. The van der Waals surface area contributed by atoms with Crippen LogP contribution in [0.15, 0.2) is 48.5 Å². The SMILES string of the molecule is COc1c(C)cccc1-c1nc(C(F)(F)F)ccc1CNC(=O)C(C)c1ccc(CNS(C)=O)c(F)c1. The van der Waals surface area contributed by atoms with Crippen molar-refractivity contribution in [1.82, 2.24) is 15.0 Å². The number of rotatable bonds is 9. The van der Waals surface area contributed by atoms with Crippen molar-refractivity contribution in [2.24, 2.45) is 0 Å². The maximum Gasteiger partial charge on any atom is 0.433 e. The molecule has 3 aromatic rings. The molecule has 3 rings (SSSR count). The molecule has 6 nitrogen and oxygen atoms in total. The van der Waals surface area contributed by atoms with E-state index in [4.69, 9.17) is 4.74 Å². The maximum absolute atomic E-state index is 14.5. The van der Waals surface area contributed by atoms with Crippen LogP contribution in [-0.4, -0.2) is 28.5 Å². The standard InChI is InChI=1S/C26H27F4N3O3S/c1-15-6-5-7-20(24(15)36-3)23-19(10-11-22(33-23)26(28,29)30)13-31-25(34)16(2)17-8-9-18(21(27)12-17)14-32-37(4)35/h5-12,16,32H,13-14H2,1-4H3,(H,31,34). The van der Waals surface area contributed by atoms with Gasteiger partial charge in [-0.1, -0.05) is 30.3 Å². The highest BCUT2D eigenvalue weighted by atomic mass is 32.2. The molecule has 37 heavy (non-hydrogen) atoms. The number of aryl methyl sites for hydroxylation is 1. The molecule has 0 bridgehead atoms. The Hall–Kier alpha value is -3.31. The molecule has 0 saturated heterocycles. The van der Waals surface area contributed by atoms with Crippen LogP contribution in [0.25, 0.3) is 11.3 Å². The first kappa shape index (κ1) is 28.3. The van der Waals surface area contributed by atoms with Gasteiger partial charge in [-0.15, -0.1) is 0 Å². The Morgan fingerprint density at radius 1 is 1.11 bits per heavy atom. The molecule has 2 unspecified atom stereocenters. The molecule has 2 atom stereocenters. The number of methoxy groups -OCH3 is 1. The van der Waals surface area contributed by atoms with Crippen LogP contribution in [-0.2, 0) is 35.0 Å². The molecular weight excluding hydrogens is 510 g/mol. The van der Waals surface area contributed by atoms with Crippen molar-refractivity contribution in [3.05, 3.63) is 82.3 Å². The van der Waals surface area contributed by atoms with Gasteiger partial charge in [-0.25, -0.2) is 18.3 Å². The third-order valence-electron chi connectivity index (χ3n) is 5.83. The zero-order valence-electron chi connectivity index (χ0n) is 20.7. The van der Waals surface area contributed by atoms with Gasteiger partial charge in [0.25, 0.3) is 0 Å². The quantitative estimate of drug-likeness (QED) is 0.376. The number of halogens is 4. The van der Waals surface area contributed by atoms with Crippen molar-refractivity contribution in [3.8, 4) is 17.0 Å². The van der Waals surface area contributed by atoms with Crippen molar-refractivity contribution in [3.63, 3.8) is 0 Å². The largest absolute Gasteiger partial charge is 0.496 e. The second-order valence-electron chi connectivity index (χ2n) is 8.42. The number of nitrogens with zero attached hydrogens (tertiary/aromatic N) is 1. The molecule has 2 N–H and O–H groups in total. The average molecular weight is 538 g/mol. The number of carbonyl (C=O) groups excluding carboxylic acids is 1. The van der Waals surface area contributed by atoms with Crippen molar-refractivity contribution >= 4 is 16.9 Å². The lowest BCUT2D eigenvalue weighted by Crippen LogP contribution is -2.28. The van der Waals surface area contributed by atoms with Crippen molar-refractivity contribution in [2.75, 3.05) is 13.4 Å². The first-order valence-corrected chi connectivity index (χ1v) is 12.8. The number of nitrogens with one attached hydrogen (secondary N) is 2. The summed E-state index contributed by atoms with van der Waals surface area (Å²) < 4.78 is 73.9. The summed E-state index contributed by atoms with van der Waals surface area (Å²) in [4.78, 5) is 16.7. The summed E-state index contributed by atoms with van der Waals surface area (Å²) in [6.45, 7) is 3.33. The van der Waals surface area contributed by atoms with E-state index in [0.717, 1.165) is 6.07 Å². The van der Waals surface area contributed by atoms with Gasteiger partial charge in [0.15, 0.2) is 0 Å². The predicted octanol–water partition coefficient (Wildman–Crippen LogP) is 5.03. The number of pyridine rings is 1. The molecule has 0 aliphatic rings. The number of alkyl halides is 3. The molecule has 0 fully saturated rings. The van der Waals surface area contributed by atoms with Crippen molar-refractivity contribution in [2.45, 2.75) is 39.0 Å². The van der Waals surface area contributed by atoms with Crippen LogP contribution >= 0.6 is 0 Å².